The van der Waals surface area contributed by atoms with E-state index in [9.17, 15) is 0 Å². The van der Waals surface area contributed by atoms with E-state index in [0.29, 0.717) is 5.65 Å². The highest BCUT2D eigenvalue weighted by Crippen LogP contribution is 2.43. The summed E-state index contributed by atoms with van der Waals surface area (Å²) in [6, 6.07) is 4.43. The van der Waals surface area contributed by atoms with Crippen LogP contribution < -0.4 is 9.80 Å². The maximum absolute atomic E-state index is 5.13. The van der Waals surface area contributed by atoms with Gasteiger partial charge >= 0.3 is 0 Å². The molecule has 6 rings (SSSR count). The summed E-state index contributed by atoms with van der Waals surface area (Å²) in [6.45, 7) is 1.91. The highest BCUT2D eigenvalue weighted by atomic mass is 15.3. The maximum atomic E-state index is 5.13. The van der Waals surface area contributed by atoms with Crippen molar-refractivity contribution in [1.82, 2.24) is 34.5 Å². The Labute approximate surface area is 186 Å². The van der Waals surface area contributed by atoms with Crippen molar-refractivity contribution in [3.8, 4) is 0 Å². The minimum atomic E-state index is 0.248. The van der Waals surface area contributed by atoms with Gasteiger partial charge in [-0.05, 0) is 37.8 Å². The summed E-state index contributed by atoms with van der Waals surface area (Å²) in [6.07, 6.45) is 14.4. The van der Waals surface area contributed by atoms with Gasteiger partial charge in [0.05, 0.1) is 24.5 Å². The lowest BCUT2D eigenvalue weighted by Crippen LogP contribution is -2.30. The van der Waals surface area contributed by atoms with Gasteiger partial charge in [0.2, 0.25) is 0 Å². The number of nitrogens with zero attached hydrogens (tertiary/aromatic N) is 9. The largest absolute Gasteiger partial charge is 0.346 e. The Balaban J connectivity index is 1.48. The van der Waals surface area contributed by atoms with Crippen LogP contribution in [0.3, 0.4) is 0 Å². The van der Waals surface area contributed by atoms with Crippen molar-refractivity contribution >= 4 is 22.8 Å². The Morgan fingerprint density at radius 3 is 1.97 bits per heavy atom. The van der Waals surface area contributed by atoms with Crippen molar-refractivity contribution in [2.45, 2.75) is 37.8 Å². The van der Waals surface area contributed by atoms with Crippen molar-refractivity contribution in [2.24, 2.45) is 14.1 Å². The first-order valence-corrected chi connectivity index (χ1v) is 11.3. The average Bonchev–Trinajstić information content (AvgIpc) is 3.59. The monoisotopic (exact) mass is 429 g/mol. The molecule has 2 atom stereocenters. The highest BCUT2D eigenvalue weighted by molar-refractivity contribution is 5.78. The molecule has 0 aliphatic carbocycles. The topological polar surface area (TPSA) is 80.8 Å². The fraction of sp³-hybridized carbons (Fsp3) is 0.435. The first-order valence-electron chi connectivity index (χ1n) is 11.3. The zero-order valence-corrected chi connectivity index (χ0v) is 18.5. The fourth-order valence-electron chi connectivity index (χ4n) is 5.22. The van der Waals surface area contributed by atoms with Crippen molar-refractivity contribution in [2.75, 3.05) is 22.9 Å². The van der Waals surface area contributed by atoms with E-state index in [4.69, 9.17) is 9.97 Å². The van der Waals surface area contributed by atoms with Crippen molar-refractivity contribution in [3.05, 3.63) is 54.2 Å². The van der Waals surface area contributed by atoms with Crippen LogP contribution in [-0.4, -0.2) is 47.6 Å². The second kappa shape index (κ2) is 7.58. The first kappa shape index (κ1) is 19.2. The lowest BCUT2D eigenvalue weighted by atomic mass is 10.1. The SMILES string of the molecule is Cn1cc(C2CCCN2c2nc3cccnc3nc2N2CCCC2c2cnn(C)c2)cn1. The predicted molar refractivity (Wildman–Crippen MR) is 122 cm³/mol. The van der Waals surface area contributed by atoms with Crippen LogP contribution in [0.2, 0.25) is 0 Å². The minimum absolute atomic E-state index is 0.248. The van der Waals surface area contributed by atoms with Gasteiger partial charge in [-0.15, -0.1) is 0 Å². The molecule has 0 N–H and O–H groups in total. The Morgan fingerprint density at radius 2 is 1.41 bits per heavy atom. The number of aromatic nitrogens is 7. The molecule has 2 aliphatic heterocycles. The number of aryl methyl sites for hydroxylation is 2. The van der Waals surface area contributed by atoms with E-state index in [1.54, 1.807) is 6.20 Å². The van der Waals surface area contributed by atoms with E-state index in [1.165, 1.54) is 11.1 Å². The third-order valence-electron chi connectivity index (χ3n) is 6.67. The highest BCUT2D eigenvalue weighted by Gasteiger charge is 2.36. The third-order valence-corrected chi connectivity index (χ3v) is 6.67. The van der Waals surface area contributed by atoms with Crippen LogP contribution >= 0.6 is 0 Å². The summed E-state index contributed by atoms with van der Waals surface area (Å²) < 4.78 is 3.75. The molecule has 0 amide bonds. The summed E-state index contributed by atoms with van der Waals surface area (Å²) in [4.78, 5) is 19.6. The van der Waals surface area contributed by atoms with Crippen LogP contribution in [-0.2, 0) is 14.1 Å². The summed E-state index contributed by atoms with van der Waals surface area (Å²) in [5.74, 6) is 1.88. The van der Waals surface area contributed by atoms with E-state index in [2.05, 4.69) is 37.4 Å². The van der Waals surface area contributed by atoms with E-state index in [0.717, 1.165) is 55.9 Å². The number of hydrogen-bond donors (Lipinski definition) is 0. The smallest absolute Gasteiger partial charge is 0.180 e. The van der Waals surface area contributed by atoms with E-state index >= 15 is 0 Å². The molecule has 2 unspecified atom stereocenters. The van der Waals surface area contributed by atoms with Crippen LogP contribution in [0.1, 0.15) is 48.9 Å². The molecule has 6 heterocycles. The van der Waals surface area contributed by atoms with E-state index in [1.807, 2.05) is 48.0 Å². The van der Waals surface area contributed by atoms with Gasteiger partial charge in [0.25, 0.3) is 0 Å². The number of pyridine rings is 1. The molecule has 9 nitrogen and oxygen atoms in total. The molecule has 2 saturated heterocycles. The van der Waals surface area contributed by atoms with Crippen molar-refractivity contribution < 1.29 is 0 Å². The number of rotatable bonds is 4. The molecule has 0 aromatic carbocycles. The second-order valence-corrected chi connectivity index (χ2v) is 8.81. The normalized spacial score (nSPS) is 21.2. The first-order chi connectivity index (χ1) is 15.7. The van der Waals surface area contributed by atoms with Crippen LogP contribution in [0.25, 0.3) is 11.2 Å². The lowest BCUT2D eigenvalue weighted by Gasteiger charge is -2.32. The maximum Gasteiger partial charge on any atom is 0.180 e. The van der Waals surface area contributed by atoms with Crippen LogP contribution in [0.4, 0.5) is 11.6 Å². The van der Waals surface area contributed by atoms with E-state index < -0.39 is 0 Å². The molecule has 4 aromatic rings. The summed E-state index contributed by atoms with van der Waals surface area (Å²) in [7, 11) is 3.94. The third kappa shape index (κ3) is 3.19. The molecule has 0 spiro atoms. The Morgan fingerprint density at radius 1 is 0.812 bits per heavy atom. The quantitative estimate of drug-likeness (QED) is 0.493. The van der Waals surface area contributed by atoms with Gasteiger partial charge in [0.1, 0.15) is 5.52 Å². The molecule has 0 bridgehead atoms. The van der Waals surface area contributed by atoms with Gasteiger partial charge in [-0.2, -0.15) is 10.2 Å². The van der Waals surface area contributed by atoms with Crippen LogP contribution in [0.5, 0.6) is 0 Å². The van der Waals surface area contributed by atoms with Gasteiger partial charge in [-0.3, -0.25) is 9.36 Å². The number of hydrogen-bond acceptors (Lipinski definition) is 7. The molecule has 9 heteroatoms. The molecule has 2 fully saturated rings. The molecular weight excluding hydrogens is 402 g/mol. The van der Waals surface area contributed by atoms with Gasteiger partial charge < -0.3 is 9.80 Å². The van der Waals surface area contributed by atoms with Crippen molar-refractivity contribution in [3.63, 3.8) is 0 Å². The molecule has 0 saturated carbocycles. The summed E-state index contributed by atoms with van der Waals surface area (Å²) >= 11 is 0. The Hall–Kier alpha value is -3.49. The molecule has 164 valence electrons. The van der Waals surface area contributed by atoms with Gasteiger partial charge in [-0.25, -0.2) is 15.0 Å². The average molecular weight is 430 g/mol. The molecular formula is C23H27N9. The molecule has 2 aliphatic rings. The molecule has 4 aromatic heterocycles. The zero-order chi connectivity index (χ0) is 21.7. The van der Waals surface area contributed by atoms with E-state index in [-0.39, 0.29) is 12.1 Å². The Kier molecular flexibility index (Phi) is 4.55. The van der Waals surface area contributed by atoms with Gasteiger partial charge in [0, 0.05) is 56.9 Å². The van der Waals surface area contributed by atoms with Crippen LogP contribution in [0.15, 0.2) is 43.1 Å². The number of anilines is 2. The van der Waals surface area contributed by atoms with Gasteiger partial charge in [0.15, 0.2) is 17.3 Å². The summed E-state index contributed by atoms with van der Waals surface area (Å²) in [5.41, 5.74) is 3.98. The van der Waals surface area contributed by atoms with Crippen LogP contribution in [0, 0.1) is 0 Å². The second-order valence-electron chi connectivity index (χ2n) is 8.81. The lowest BCUT2D eigenvalue weighted by molar-refractivity contribution is 0.687. The van der Waals surface area contributed by atoms with Crippen molar-refractivity contribution in [1.29, 1.82) is 0 Å². The summed E-state index contributed by atoms with van der Waals surface area (Å²) in [5, 5.41) is 8.83. The molecule has 0 radical (unpaired) electrons. The Bertz CT molecular complexity index is 1160. The van der Waals surface area contributed by atoms with Gasteiger partial charge in [-0.1, -0.05) is 0 Å². The fourth-order valence-corrected chi connectivity index (χ4v) is 5.22. The minimum Gasteiger partial charge on any atom is -0.346 e. The number of fused-ring (bicyclic) bond motifs is 1. The predicted octanol–water partition coefficient (Wildman–Crippen LogP) is 3.17. The standard InChI is InChI=1S/C23H27N9/c1-29-14-16(12-25-29)19-7-4-10-31(19)22-23(28-21-18(27-22)6-3-9-24-21)32-11-5-8-20(32)17-13-26-30(2)15-17/h3,6,9,12-15,19-20H,4-5,7-8,10-11H2,1-2H3. The zero-order valence-electron chi connectivity index (χ0n) is 18.5. The molecule has 32 heavy (non-hydrogen) atoms.